The smallest absolute Gasteiger partial charge is 0.256 e. The molecule has 1 heterocycles. The minimum atomic E-state index is -0.147. The maximum absolute atomic E-state index is 11.5. The summed E-state index contributed by atoms with van der Waals surface area (Å²) in [5.41, 5.74) is 2.21. The normalized spacial score (nSPS) is 17.1. The number of rotatable bonds is 5. The van der Waals surface area contributed by atoms with Crippen molar-refractivity contribution in [3.8, 4) is 0 Å². The predicted octanol–water partition coefficient (Wildman–Crippen LogP) is -0.121. The van der Waals surface area contributed by atoms with Gasteiger partial charge in [0.05, 0.1) is 12.9 Å². The number of amides is 1. The van der Waals surface area contributed by atoms with Gasteiger partial charge in [-0.1, -0.05) is 19.8 Å². The molecule has 1 aliphatic heterocycles. The van der Waals surface area contributed by atoms with Crippen molar-refractivity contribution in [1.29, 1.82) is 0 Å². The average molecular weight is 198 g/mol. The zero-order valence-corrected chi connectivity index (χ0v) is 8.57. The standard InChI is InChI=1S/C9H18N4O/c1-2-3-4-8(9(14)12-10)13-6-5-11-7-13/h7-8H,2-6,10H2,1H3,(H,12,14). The van der Waals surface area contributed by atoms with E-state index in [2.05, 4.69) is 17.3 Å². The van der Waals surface area contributed by atoms with Crippen molar-refractivity contribution in [2.75, 3.05) is 13.1 Å². The van der Waals surface area contributed by atoms with Gasteiger partial charge in [0.25, 0.3) is 5.91 Å². The molecule has 0 radical (unpaired) electrons. The van der Waals surface area contributed by atoms with Gasteiger partial charge in [0.2, 0.25) is 0 Å². The highest BCUT2D eigenvalue weighted by molar-refractivity contribution is 5.83. The van der Waals surface area contributed by atoms with E-state index in [0.717, 1.165) is 32.4 Å². The van der Waals surface area contributed by atoms with Gasteiger partial charge in [-0.15, -0.1) is 0 Å². The number of nitrogens with one attached hydrogen (secondary N) is 1. The van der Waals surface area contributed by atoms with E-state index in [-0.39, 0.29) is 11.9 Å². The lowest BCUT2D eigenvalue weighted by atomic mass is 10.1. The molecule has 14 heavy (non-hydrogen) atoms. The quantitative estimate of drug-likeness (QED) is 0.367. The van der Waals surface area contributed by atoms with E-state index in [4.69, 9.17) is 5.84 Å². The summed E-state index contributed by atoms with van der Waals surface area (Å²) in [6.07, 6.45) is 4.70. The second kappa shape index (κ2) is 5.59. The monoisotopic (exact) mass is 198 g/mol. The SMILES string of the molecule is CCCCC(C(=O)NN)N1C=NCC1. The lowest BCUT2D eigenvalue weighted by Gasteiger charge is -2.24. The highest BCUT2D eigenvalue weighted by atomic mass is 16.2. The van der Waals surface area contributed by atoms with Gasteiger partial charge in [0.15, 0.2) is 0 Å². The van der Waals surface area contributed by atoms with Crippen LogP contribution in [0, 0.1) is 0 Å². The lowest BCUT2D eigenvalue weighted by molar-refractivity contribution is -0.125. The molecule has 0 aromatic heterocycles. The number of unbranched alkanes of at least 4 members (excludes halogenated alkanes) is 1. The van der Waals surface area contributed by atoms with Crippen molar-refractivity contribution in [3.63, 3.8) is 0 Å². The molecule has 0 fully saturated rings. The number of nitrogens with zero attached hydrogens (tertiary/aromatic N) is 2. The third-order valence-electron chi connectivity index (χ3n) is 2.39. The van der Waals surface area contributed by atoms with Crippen molar-refractivity contribution in [2.24, 2.45) is 10.8 Å². The van der Waals surface area contributed by atoms with Gasteiger partial charge in [-0.05, 0) is 6.42 Å². The van der Waals surface area contributed by atoms with Crippen molar-refractivity contribution in [2.45, 2.75) is 32.2 Å². The molecular weight excluding hydrogens is 180 g/mol. The second-order valence-corrected chi connectivity index (χ2v) is 3.43. The summed E-state index contributed by atoms with van der Waals surface area (Å²) in [4.78, 5) is 17.5. The van der Waals surface area contributed by atoms with Crippen LogP contribution < -0.4 is 11.3 Å². The van der Waals surface area contributed by atoms with Gasteiger partial charge >= 0.3 is 0 Å². The molecule has 0 bridgehead atoms. The summed E-state index contributed by atoms with van der Waals surface area (Å²) < 4.78 is 0. The fourth-order valence-electron chi connectivity index (χ4n) is 1.57. The Balaban J connectivity index is 2.51. The maximum atomic E-state index is 11.5. The first-order valence-electron chi connectivity index (χ1n) is 5.05. The highest BCUT2D eigenvalue weighted by Crippen LogP contribution is 2.09. The summed E-state index contributed by atoms with van der Waals surface area (Å²) in [5, 5.41) is 0. The Morgan fingerprint density at radius 3 is 3.07 bits per heavy atom. The fourth-order valence-corrected chi connectivity index (χ4v) is 1.57. The van der Waals surface area contributed by atoms with Gasteiger partial charge in [0, 0.05) is 6.54 Å². The van der Waals surface area contributed by atoms with Gasteiger partial charge < -0.3 is 4.90 Å². The number of carbonyl (C=O) groups is 1. The Hall–Kier alpha value is -1.10. The summed E-state index contributed by atoms with van der Waals surface area (Å²) >= 11 is 0. The van der Waals surface area contributed by atoms with Crippen LogP contribution >= 0.6 is 0 Å². The van der Waals surface area contributed by atoms with Gasteiger partial charge in [0.1, 0.15) is 6.04 Å². The molecule has 0 aromatic rings. The van der Waals surface area contributed by atoms with Crippen LogP contribution in [0.2, 0.25) is 0 Å². The Bertz CT molecular complexity index is 217. The number of hydrogen-bond donors (Lipinski definition) is 2. The summed E-state index contributed by atoms with van der Waals surface area (Å²) in [5.74, 6) is 5.02. The van der Waals surface area contributed by atoms with E-state index in [1.807, 2.05) is 4.90 Å². The molecule has 0 saturated heterocycles. The molecule has 1 aliphatic rings. The van der Waals surface area contributed by atoms with E-state index in [0.29, 0.717) is 0 Å². The van der Waals surface area contributed by atoms with Gasteiger partial charge in [-0.3, -0.25) is 15.2 Å². The lowest BCUT2D eigenvalue weighted by Crippen LogP contribution is -2.48. The van der Waals surface area contributed by atoms with Crippen LogP contribution in [0.15, 0.2) is 4.99 Å². The van der Waals surface area contributed by atoms with Crippen molar-refractivity contribution >= 4 is 12.2 Å². The molecule has 80 valence electrons. The molecule has 0 aromatic carbocycles. The molecule has 5 heteroatoms. The Morgan fingerprint density at radius 1 is 1.79 bits per heavy atom. The third kappa shape index (κ3) is 2.70. The van der Waals surface area contributed by atoms with Crippen molar-refractivity contribution < 1.29 is 4.79 Å². The summed E-state index contributed by atoms with van der Waals surface area (Å²) in [7, 11) is 0. The molecular formula is C9H18N4O. The van der Waals surface area contributed by atoms with Crippen LogP contribution in [-0.2, 0) is 4.79 Å². The second-order valence-electron chi connectivity index (χ2n) is 3.43. The van der Waals surface area contributed by atoms with Crippen LogP contribution in [0.5, 0.6) is 0 Å². The predicted molar refractivity (Wildman–Crippen MR) is 55.7 cm³/mol. The molecule has 3 N–H and O–H groups in total. The number of hydrogen-bond acceptors (Lipinski definition) is 4. The van der Waals surface area contributed by atoms with Crippen LogP contribution in [0.25, 0.3) is 0 Å². The highest BCUT2D eigenvalue weighted by Gasteiger charge is 2.24. The molecule has 1 unspecified atom stereocenters. The number of nitrogens with two attached hydrogens (primary N) is 1. The van der Waals surface area contributed by atoms with Gasteiger partial charge in [-0.25, -0.2) is 5.84 Å². The number of carbonyl (C=O) groups excluding carboxylic acids is 1. The van der Waals surface area contributed by atoms with E-state index in [9.17, 15) is 4.79 Å². The van der Waals surface area contributed by atoms with Crippen LogP contribution in [0.1, 0.15) is 26.2 Å². The zero-order valence-electron chi connectivity index (χ0n) is 8.57. The largest absolute Gasteiger partial charge is 0.349 e. The summed E-state index contributed by atoms with van der Waals surface area (Å²) in [6, 6.07) is -0.147. The van der Waals surface area contributed by atoms with Crippen LogP contribution in [-0.4, -0.2) is 36.3 Å². The molecule has 1 rings (SSSR count). The maximum Gasteiger partial charge on any atom is 0.256 e. The van der Waals surface area contributed by atoms with Gasteiger partial charge in [-0.2, -0.15) is 0 Å². The average Bonchev–Trinajstić information content (AvgIpc) is 2.71. The molecule has 5 nitrogen and oxygen atoms in total. The number of aliphatic imine (C=N–C) groups is 1. The third-order valence-corrected chi connectivity index (χ3v) is 2.39. The Labute approximate surface area is 84.3 Å². The van der Waals surface area contributed by atoms with Crippen LogP contribution in [0.3, 0.4) is 0 Å². The van der Waals surface area contributed by atoms with E-state index in [1.54, 1.807) is 6.34 Å². The molecule has 0 spiro atoms. The first-order valence-corrected chi connectivity index (χ1v) is 5.05. The number of hydrazine groups is 1. The molecule has 1 amide bonds. The van der Waals surface area contributed by atoms with E-state index in [1.165, 1.54) is 0 Å². The minimum absolute atomic E-state index is 0.119. The molecule has 0 saturated carbocycles. The van der Waals surface area contributed by atoms with E-state index >= 15 is 0 Å². The first-order chi connectivity index (χ1) is 6.79. The first kappa shape index (κ1) is 11.0. The fraction of sp³-hybridized carbons (Fsp3) is 0.778. The molecule has 0 aliphatic carbocycles. The van der Waals surface area contributed by atoms with E-state index < -0.39 is 0 Å². The zero-order chi connectivity index (χ0) is 10.4. The Morgan fingerprint density at radius 2 is 2.57 bits per heavy atom. The molecule has 1 atom stereocenters. The topological polar surface area (TPSA) is 70.7 Å². The summed E-state index contributed by atoms with van der Waals surface area (Å²) in [6.45, 7) is 3.71. The Kier molecular flexibility index (Phi) is 4.39. The van der Waals surface area contributed by atoms with Crippen LogP contribution in [0.4, 0.5) is 0 Å². The van der Waals surface area contributed by atoms with Crippen molar-refractivity contribution in [1.82, 2.24) is 10.3 Å². The minimum Gasteiger partial charge on any atom is -0.349 e. The van der Waals surface area contributed by atoms with Crippen molar-refractivity contribution in [3.05, 3.63) is 0 Å².